The van der Waals surface area contributed by atoms with E-state index in [0.717, 1.165) is 45.1 Å². The van der Waals surface area contributed by atoms with E-state index in [9.17, 15) is 4.79 Å². The molecule has 1 N–H and O–H groups in total. The molecular formula is C19H30N4O2. The molecule has 2 rings (SSSR count). The first-order valence-electron chi connectivity index (χ1n) is 8.99. The third-order valence-corrected chi connectivity index (χ3v) is 4.48. The first kappa shape index (κ1) is 19.2. The fourth-order valence-corrected chi connectivity index (χ4v) is 2.92. The van der Waals surface area contributed by atoms with Crippen molar-refractivity contribution in [3.8, 4) is 0 Å². The number of benzene rings is 1. The van der Waals surface area contributed by atoms with Crippen LogP contribution in [-0.4, -0.2) is 68.0 Å². The Morgan fingerprint density at radius 3 is 2.44 bits per heavy atom. The van der Waals surface area contributed by atoms with Crippen molar-refractivity contribution in [1.82, 2.24) is 15.1 Å². The minimum absolute atomic E-state index is 0.111. The van der Waals surface area contributed by atoms with Crippen LogP contribution in [0.3, 0.4) is 0 Å². The zero-order valence-corrected chi connectivity index (χ0v) is 15.6. The number of carbonyl (C=O) groups excluding carboxylic acids is 1. The number of rotatable bonds is 6. The summed E-state index contributed by atoms with van der Waals surface area (Å²) in [6.45, 7) is 8.39. The number of guanidine groups is 1. The van der Waals surface area contributed by atoms with Gasteiger partial charge in [-0.15, -0.1) is 0 Å². The molecule has 0 bridgehead atoms. The SMILES string of the molecule is CN=C(NCCCO[C@H](C)c1ccccc1)N1CCN(C(C)=O)CC1. The first-order chi connectivity index (χ1) is 12.1. The number of hydrogen-bond donors (Lipinski definition) is 1. The summed E-state index contributed by atoms with van der Waals surface area (Å²) in [4.78, 5) is 19.8. The highest BCUT2D eigenvalue weighted by molar-refractivity contribution is 5.80. The Hall–Kier alpha value is -2.08. The van der Waals surface area contributed by atoms with Crippen molar-refractivity contribution in [2.24, 2.45) is 4.99 Å². The molecule has 0 spiro atoms. The van der Waals surface area contributed by atoms with Gasteiger partial charge in [0.15, 0.2) is 5.96 Å². The maximum Gasteiger partial charge on any atom is 0.219 e. The van der Waals surface area contributed by atoms with E-state index < -0.39 is 0 Å². The minimum Gasteiger partial charge on any atom is -0.374 e. The van der Waals surface area contributed by atoms with Gasteiger partial charge in [-0.3, -0.25) is 9.79 Å². The van der Waals surface area contributed by atoms with Crippen molar-refractivity contribution in [3.63, 3.8) is 0 Å². The normalized spacial score (nSPS) is 16.7. The van der Waals surface area contributed by atoms with Gasteiger partial charge in [0, 0.05) is 53.3 Å². The van der Waals surface area contributed by atoms with Crippen molar-refractivity contribution in [2.45, 2.75) is 26.4 Å². The second-order valence-corrected chi connectivity index (χ2v) is 6.24. The smallest absolute Gasteiger partial charge is 0.219 e. The summed E-state index contributed by atoms with van der Waals surface area (Å²) in [6.07, 6.45) is 1.03. The van der Waals surface area contributed by atoms with Gasteiger partial charge in [-0.2, -0.15) is 0 Å². The average molecular weight is 346 g/mol. The van der Waals surface area contributed by atoms with Gasteiger partial charge in [-0.1, -0.05) is 30.3 Å². The number of aliphatic imine (C=N–C) groups is 1. The molecule has 1 aliphatic rings. The summed E-state index contributed by atoms with van der Waals surface area (Å²) in [5.41, 5.74) is 1.20. The summed E-state index contributed by atoms with van der Waals surface area (Å²) in [5.74, 6) is 1.05. The van der Waals surface area contributed by atoms with Gasteiger partial charge < -0.3 is 19.9 Å². The second kappa shape index (κ2) is 10.0. The summed E-state index contributed by atoms with van der Waals surface area (Å²) >= 11 is 0. The fraction of sp³-hybridized carbons (Fsp3) is 0.579. The molecule has 6 heteroatoms. The molecule has 1 atom stereocenters. The van der Waals surface area contributed by atoms with Gasteiger partial charge in [-0.25, -0.2) is 0 Å². The Kier molecular flexibility index (Phi) is 7.73. The molecule has 1 amide bonds. The number of nitrogens with zero attached hydrogens (tertiary/aromatic N) is 3. The molecule has 0 aliphatic carbocycles. The largest absolute Gasteiger partial charge is 0.374 e. The van der Waals surface area contributed by atoms with Crippen molar-refractivity contribution in [2.75, 3.05) is 46.4 Å². The number of carbonyl (C=O) groups is 1. The Morgan fingerprint density at radius 1 is 1.20 bits per heavy atom. The van der Waals surface area contributed by atoms with Crippen LogP contribution in [0, 0.1) is 0 Å². The summed E-state index contributed by atoms with van der Waals surface area (Å²) in [6, 6.07) is 10.3. The number of nitrogens with one attached hydrogen (secondary N) is 1. The third-order valence-electron chi connectivity index (χ3n) is 4.48. The van der Waals surface area contributed by atoms with E-state index >= 15 is 0 Å². The second-order valence-electron chi connectivity index (χ2n) is 6.24. The fourth-order valence-electron chi connectivity index (χ4n) is 2.92. The first-order valence-corrected chi connectivity index (χ1v) is 8.99. The molecule has 1 aromatic rings. The number of amides is 1. The van der Waals surface area contributed by atoms with Crippen molar-refractivity contribution in [1.29, 1.82) is 0 Å². The monoisotopic (exact) mass is 346 g/mol. The molecule has 0 radical (unpaired) electrons. The Labute approximate surface area is 150 Å². The van der Waals surface area contributed by atoms with Gasteiger partial charge in [0.1, 0.15) is 0 Å². The molecular weight excluding hydrogens is 316 g/mol. The summed E-state index contributed by atoms with van der Waals surface area (Å²) in [7, 11) is 1.80. The lowest BCUT2D eigenvalue weighted by atomic mass is 10.1. The molecule has 1 heterocycles. The van der Waals surface area contributed by atoms with Crippen LogP contribution in [0.2, 0.25) is 0 Å². The van der Waals surface area contributed by atoms with Gasteiger partial charge in [0.25, 0.3) is 0 Å². The third kappa shape index (κ3) is 6.05. The van der Waals surface area contributed by atoms with E-state index in [1.54, 1.807) is 14.0 Å². The van der Waals surface area contributed by atoms with E-state index in [-0.39, 0.29) is 12.0 Å². The van der Waals surface area contributed by atoms with E-state index in [1.807, 2.05) is 23.1 Å². The van der Waals surface area contributed by atoms with Gasteiger partial charge in [-0.05, 0) is 18.9 Å². The van der Waals surface area contributed by atoms with Crippen LogP contribution in [0.1, 0.15) is 31.9 Å². The molecule has 138 valence electrons. The van der Waals surface area contributed by atoms with Crippen LogP contribution in [0.25, 0.3) is 0 Å². The highest BCUT2D eigenvalue weighted by atomic mass is 16.5. The topological polar surface area (TPSA) is 57.2 Å². The van der Waals surface area contributed by atoms with Crippen LogP contribution in [0.15, 0.2) is 35.3 Å². The molecule has 1 aromatic carbocycles. The molecule has 1 aliphatic heterocycles. The summed E-state index contributed by atoms with van der Waals surface area (Å²) in [5, 5.41) is 3.39. The molecule has 25 heavy (non-hydrogen) atoms. The minimum atomic E-state index is 0.111. The zero-order chi connectivity index (χ0) is 18.1. The lowest BCUT2D eigenvalue weighted by Crippen LogP contribution is -2.53. The van der Waals surface area contributed by atoms with E-state index in [1.165, 1.54) is 5.56 Å². The molecule has 0 aromatic heterocycles. The lowest BCUT2D eigenvalue weighted by molar-refractivity contribution is -0.130. The number of hydrogen-bond acceptors (Lipinski definition) is 3. The maximum absolute atomic E-state index is 11.4. The van der Waals surface area contributed by atoms with Crippen LogP contribution >= 0.6 is 0 Å². The van der Waals surface area contributed by atoms with E-state index in [4.69, 9.17) is 4.74 Å². The van der Waals surface area contributed by atoms with Crippen LogP contribution in [0.4, 0.5) is 0 Å². The van der Waals surface area contributed by atoms with Gasteiger partial charge in [0.2, 0.25) is 5.91 Å². The summed E-state index contributed by atoms with van der Waals surface area (Å²) < 4.78 is 5.89. The predicted molar refractivity (Wildman–Crippen MR) is 101 cm³/mol. The molecule has 0 unspecified atom stereocenters. The zero-order valence-electron chi connectivity index (χ0n) is 15.6. The van der Waals surface area contributed by atoms with E-state index in [0.29, 0.717) is 6.61 Å². The molecule has 0 saturated carbocycles. The highest BCUT2D eigenvalue weighted by Gasteiger charge is 2.20. The molecule has 6 nitrogen and oxygen atoms in total. The number of ether oxygens (including phenoxy) is 1. The van der Waals surface area contributed by atoms with Gasteiger partial charge in [0.05, 0.1) is 6.10 Å². The highest BCUT2D eigenvalue weighted by Crippen LogP contribution is 2.15. The van der Waals surface area contributed by atoms with E-state index in [2.05, 4.69) is 34.3 Å². The van der Waals surface area contributed by atoms with Crippen molar-refractivity contribution < 1.29 is 9.53 Å². The number of piperazine rings is 1. The predicted octanol–water partition coefficient (Wildman–Crippen LogP) is 1.89. The maximum atomic E-state index is 11.4. The quantitative estimate of drug-likeness (QED) is 0.486. The lowest BCUT2D eigenvalue weighted by Gasteiger charge is -2.36. The van der Waals surface area contributed by atoms with Gasteiger partial charge >= 0.3 is 0 Å². The molecule has 1 fully saturated rings. The van der Waals surface area contributed by atoms with Crippen LogP contribution in [-0.2, 0) is 9.53 Å². The molecule has 1 saturated heterocycles. The standard InChI is InChI=1S/C19H30N4O2/c1-16(18-8-5-4-6-9-18)25-15-7-10-21-19(20-3)23-13-11-22(12-14-23)17(2)24/h4-6,8-9,16H,7,10-15H2,1-3H3,(H,20,21)/t16-/m1/s1. The average Bonchev–Trinajstić information content (AvgIpc) is 2.65. The van der Waals surface area contributed by atoms with Crippen LogP contribution < -0.4 is 5.32 Å². The Balaban J connectivity index is 1.64. The Bertz CT molecular complexity index is 554. The Morgan fingerprint density at radius 2 is 1.84 bits per heavy atom. The van der Waals surface area contributed by atoms with Crippen molar-refractivity contribution in [3.05, 3.63) is 35.9 Å². The van der Waals surface area contributed by atoms with Crippen molar-refractivity contribution >= 4 is 11.9 Å². The van der Waals surface area contributed by atoms with Crippen LogP contribution in [0.5, 0.6) is 0 Å².